The zero-order valence-corrected chi connectivity index (χ0v) is 4.43. The van der Waals surface area contributed by atoms with Gasteiger partial charge in [-0.15, -0.1) is 4.53 Å². The number of nitrogens with zero attached hydrogens (tertiary/aromatic N) is 1. The second-order valence-electron chi connectivity index (χ2n) is 1.09. The summed E-state index contributed by atoms with van der Waals surface area (Å²) in [6.45, 7) is 0. The zero-order valence-electron chi connectivity index (χ0n) is 3.61. The van der Waals surface area contributed by atoms with Gasteiger partial charge in [-0.25, -0.2) is 0 Å². The molecule has 7 heavy (non-hydrogen) atoms. The third-order valence-electron chi connectivity index (χ3n) is 0.641. The smallest absolute Gasteiger partial charge is 0.0112 e. The van der Waals surface area contributed by atoms with Crippen molar-refractivity contribution in [1.29, 1.82) is 0 Å². The molecule has 0 radical (unpaired) electrons. The SMILES string of the molecule is ON=S1C=CC=C1. The van der Waals surface area contributed by atoms with E-state index in [1.165, 1.54) is 0 Å². The number of hydrogen-bond donors (Lipinski definition) is 1. The van der Waals surface area contributed by atoms with Gasteiger partial charge in [-0.1, -0.05) is 12.2 Å². The molecule has 0 aromatic carbocycles. The quantitative estimate of drug-likeness (QED) is 0.473. The summed E-state index contributed by atoms with van der Waals surface area (Å²) in [5.74, 6) is 0. The van der Waals surface area contributed by atoms with E-state index in [0.29, 0.717) is 0 Å². The maximum atomic E-state index is 8.10. The monoisotopic (exact) mass is 115 g/mol. The molecule has 1 aliphatic heterocycles. The summed E-state index contributed by atoms with van der Waals surface area (Å²) >= 11 is 0. The van der Waals surface area contributed by atoms with E-state index in [-0.39, 0.29) is 10.7 Å². The molecule has 1 N–H and O–H groups in total. The summed E-state index contributed by atoms with van der Waals surface area (Å²) in [5, 5.41) is 11.8. The first-order valence-corrected chi connectivity index (χ1v) is 3.16. The molecule has 0 saturated heterocycles. The Labute approximate surface area is 44.2 Å². The topological polar surface area (TPSA) is 32.6 Å². The van der Waals surface area contributed by atoms with Crippen LogP contribution in [0.15, 0.2) is 27.5 Å². The van der Waals surface area contributed by atoms with Gasteiger partial charge in [-0.3, -0.25) is 5.21 Å². The van der Waals surface area contributed by atoms with Crippen LogP contribution in [-0.4, -0.2) is 5.21 Å². The average Bonchev–Trinajstić information content (AvgIpc) is 2.14. The average molecular weight is 115 g/mol. The highest BCUT2D eigenvalue weighted by molar-refractivity contribution is 7.93. The van der Waals surface area contributed by atoms with Crippen LogP contribution in [0.1, 0.15) is 0 Å². The lowest BCUT2D eigenvalue weighted by atomic mass is 10.6. The molecule has 0 amide bonds. The third-order valence-corrected chi connectivity index (χ3v) is 1.70. The molecule has 38 valence electrons. The van der Waals surface area contributed by atoms with Crippen LogP contribution in [0.4, 0.5) is 0 Å². The molecule has 0 atom stereocenters. The normalized spacial score (nSPS) is 18.4. The number of rotatable bonds is 0. The van der Waals surface area contributed by atoms with Crippen molar-refractivity contribution in [3.63, 3.8) is 0 Å². The maximum absolute atomic E-state index is 8.10. The second-order valence-corrected chi connectivity index (χ2v) is 2.49. The summed E-state index contributed by atoms with van der Waals surface area (Å²) in [4.78, 5) is 0. The van der Waals surface area contributed by atoms with E-state index in [9.17, 15) is 0 Å². The Morgan fingerprint density at radius 3 is 2.14 bits per heavy atom. The number of hydrogen-bond acceptors (Lipinski definition) is 1. The van der Waals surface area contributed by atoms with E-state index in [1.807, 2.05) is 23.0 Å². The Morgan fingerprint density at radius 2 is 1.86 bits per heavy atom. The summed E-state index contributed by atoms with van der Waals surface area (Å²) in [7, 11) is -0.315. The van der Waals surface area contributed by atoms with Crippen LogP contribution in [-0.2, 0) is 10.7 Å². The third kappa shape index (κ3) is 0.976. The van der Waals surface area contributed by atoms with Crippen molar-refractivity contribution in [2.24, 2.45) is 4.53 Å². The van der Waals surface area contributed by atoms with Crippen molar-refractivity contribution >= 4 is 10.7 Å². The Hall–Kier alpha value is -0.410. The van der Waals surface area contributed by atoms with E-state index in [2.05, 4.69) is 4.53 Å². The largest absolute Gasteiger partial charge is 0.261 e. The second kappa shape index (κ2) is 2.04. The standard InChI is InChI=1S/C4H5NOS/c6-5-7-3-1-2-4-7/h1-4,6H. The zero-order chi connectivity index (χ0) is 5.11. The molecule has 0 spiro atoms. The Kier molecular flexibility index (Phi) is 1.38. The van der Waals surface area contributed by atoms with Crippen LogP contribution in [0.3, 0.4) is 0 Å². The maximum Gasteiger partial charge on any atom is -0.0112 e. The predicted octanol–water partition coefficient (Wildman–Crippen LogP) is 1.22. The molecule has 3 heteroatoms. The molecule has 0 bridgehead atoms. The molecule has 0 aromatic rings. The molecule has 2 nitrogen and oxygen atoms in total. The van der Waals surface area contributed by atoms with Gasteiger partial charge < -0.3 is 0 Å². The lowest BCUT2D eigenvalue weighted by Gasteiger charge is -1.78. The summed E-state index contributed by atoms with van der Waals surface area (Å²) in [5.41, 5.74) is 0. The van der Waals surface area contributed by atoms with Gasteiger partial charge in [-0.05, 0) is 21.5 Å². The highest BCUT2D eigenvalue weighted by Gasteiger charge is 1.85. The molecule has 1 rings (SSSR count). The van der Waals surface area contributed by atoms with Crippen molar-refractivity contribution < 1.29 is 5.21 Å². The van der Waals surface area contributed by atoms with E-state index < -0.39 is 0 Å². The van der Waals surface area contributed by atoms with Crippen LogP contribution in [0.5, 0.6) is 0 Å². The molecular weight excluding hydrogens is 110 g/mol. The van der Waals surface area contributed by atoms with Crippen LogP contribution in [0.2, 0.25) is 0 Å². The van der Waals surface area contributed by atoms with Gasteiger partial charge in [-0.2, -0.15) is 0 Å². The van der Waals surface area contributed by atoms with Crippen molar-refractivity contribution in [2.75, 3.05) is 0 Å². The molecule has 1 aliphatic rings. The molecule has 0 aliphatic carbocycles. The van der Waals surface area contributed by atoms with Gasteiger partial charge in [0.15, 0.2) is 0 Å². The van der Waals surface area contributed by atoms with Crippen molar-refractivity contribution in [2.45, 2.75) is 0 Å². The minimum Gasteiger partial charge on any atom is -0.261 e. The van der Waals surface area contributed by atoms with Gasteiger partial charge >= 0.3 is 0 Å². The summed E-state index contributed by atoms with van der Waals surface area (Å²) in [6, 6.07) is 0. The molecule has 0 unspecified atom stereocenters. The first-order chi connectivity index (χ1) is 3.43. The van der Waals surface area contributed by atoms with E-state index in [0.717, 1.165) is 0 Å². The first-order valence-electron chi connectivity index (χ1n) is 1.85. The van der Waals surface area contributed by atoms with Crippen molar-refractivity contribution in [3.8, 4) is 0 Å². The fourth-order valence-corrected chi connectivity index (χ4v) is 1.05. The van der Waals surface area contributed by atoms with Gasteiger partial charge in [0.1, 0.15) is 0 Å². The fraction of sp³-hybridized carbons (Fsp3) is 0. The van der Waals surface area contributed by atoms with Crippen LogP contribution >= 0.6 is 0 Å². The minimum atomic E-state index is -0.315. The lowest BCUT2D eigenvalue weighted by Crippen LogP contribution is -1.66. The summed E-state index contributed by atoms with van der Waals surface area (Å²) in [6.07, 6.45) is 3.73. The molecule has 1 heterocycles. The highest BCUT2D eigenvalue weighted by atomic mass is 32.2. The van der Waals surface area contributed by atoms with Crippen molar-refractivity contribution in [1.82, 2.24) is 0 Å². The molecular formula is C4H5NOS. The Bertz CT molecular complexity index is 134. The lowest BCUT2D eigenvalue weighted by molar-refractivity contribution is 0.329. The minimum absolute atomic E-state index is 0.315. The fourth-order valence-electron chi connectivity index (χ4n) is 0.352. The van der Waals surface area contributed by atoms with E-state index >= 15 is 0 Å². The van der Waals surface area contributed by atoms with E-state index in [1.54, 1.807) is 0 Å². The van der Waals surface area contributed by atoms with Crippen LogP contribution < -0.4 is 0 Å². The molecule has 0 fully saturated rings. The van der Waals surface area contributed by atoms with Gasteiger partial charge in [0.05, 0.1) is 0 Å². The van der Waals surface area contributed by atoms with Crippen LogP contribution in [0.25, 0.3) is 0 Å². The molecule has 0 saturated carbocycles. The first kappa shape index (κ1) is 4.74. The van der Waals surface area contributed by atoms with Gasteiger partial charge in [0, 0.05) is 0 Å². The van der Waals surface area contributed by atoms with E-state index in [4.69, 9.17) is 5.21 Å². The van der Waals surface area contributed by atoms with Gasteiger partial charge in [0.2, 0.25) is 0 Å². The Balaban J connectivity index is 2.79. The Morgan fingerprint density at radius 1 is 1.29 bits per heavy atom. The predicted molar refractivity (Wildman–Crippen MR) is 29.9 cm³/mol. The highest BCUT2D eigenvalue weighted by Crippen LogP contribution is 1.99. The molecule has 0 aromatic heterocycles. The van der Waals surface area contributed by atoms with Gasteiger partial charge in [0.25, 0.3) is 0 Å². The van der Waals surface area contributed by atoms with Crippen LogP contribution in [0, 0.1) is 0 Å². The number of allylic oxidation sites excluding steroid dienone is 2. The van der Waals surface area contributed by atoms with Crippen molar-refractivity contribution in [3.05, 3.63) is 23.0 Å². The summed E-state index contributed by atoms with van der Waals surface area (Å²) < 4.78 is 3.04.